The summed E-state index contributed by atoms with van der Waals surface area (Å²) in [6.45, 7) is 7.30. The van der Waals surface area contributed by atoms with Crippen LogP contribution in [0.4, 0.5) is 29.1 Å². The number of thioether (sulfide) groups is 1. The summed E-state index contributed by atoms with van der Waals surface area (Å²) >= 11 is 7.58. The molecule has 67 heavy (non-hydrogen) atoms. The van der Waals surface area contributed by atoms with Crippen molar-refractivity contribution in [2.75, 3.05) is 75.2 Å². The Kier molecular flexibility index (Phi) is 15.5. The lowest BCUT2D eigenvalue weighted by atomic mass is 9.96. The average Bonchev–Trinajstić information content (AvgIpc) is 3.31. The van der Waals surface area contributed by atoms with E-state index in [0.717, 1.165) is 99.2 Å². The molecule has 20 heteroatoms. The molecular formula is C47H53ClF4N8O4S3. The zero-order valence-corrected chi connectivity index (χ0v) is 40.1. The highest BCUT2D eigenvalue weighted by Gasteiger charge is 2.48. The van der Waals surface area contributed by atoms with Gasteiger partial charge in [-0.3, -0.25) is 14.5 Å². The molecule has 358 valence electrons. The molecule has 1 atom stereocenters. The van der Waals surface area contributed by atoms with Gasteiger partial charge in [-0.15, -0.1) is 11.8 Å². The van der Waals surface area contributed by atoms with Gasteiger partial charge in [0, 0.05) is 85.7 Å². The van der Waals surface area contributed by atoms with Crippen molar-refractivity contribution < 1.29 is 34.4 Å². The van der Waals surface area contributed by atoms with Gasteiger partial charge in [-0.25, -0.2) is 31.2 Å². The first kappa shape index (κ1) is 49.1. The van der Waals surface area contributed by atoms with E-state index < -0.39 is 52.7 Å². The van der Waals surface area contributed by atoms with E-state index in [1.807, 2.05) is 37.4 Å². The number of anilines is 2. The lowest BCUT2D eigenvalue weighted by Crippen LogP contribution is -2.46. The predicted octanol–water partition coefficient (Wildman–Crippen LogP) is 8.26. The zero-order chi connectivity index (χ0) is 47.3. The van der Waals surface area contributed by atoms with Gasteiger partial charge in [0.15, 0.2) is 0 Å². The number of halogens is 5. The Bertz CT molecular complexity index is 2740. The van der Waals surface area contributed by atoms with E-state index >= 15 is 0 Å². The Balaban J connectivity index is 0.962. The smallest absolute Gasteiger partial charge is 0.380 e. The van der Waals surface area contributed by atoms with E-state index in [2.05, 4.69) is 57.8 Å². The van der Waals surface area contributed by atoms with E-state index in [1.54, 1.807) is 18.2 Å². The molecule has 0 saturated carbocycles. The van der Waals surface area contributed by atoms with Gasteiger partial charge >= 0.3 is 5.51 Å². The van der Waals surface area contributed by atoms with E-state index in [1.165, 1.54) is 12.4 Å². The fourth-order valence-corrected chi connectivity index (χ4v) is 12.2. The minimum Gasteiger partial charge on any atom is -0.380 e. The molecule has 5 aromatic rings. The van der Waals surface area contributed by atoms with E-state index in [0.29, 0.717) is 59.7 Å². The molecule has 4 aromatic carbocycles. The lowest BCUT2D eigenvalue weighted by Gasteiger charge is -2.40. The number of rotatable bonds is 16. The summed E-state index contributed by atoms with van der Waals surface area (Å²) in [7, 11) is -8.73. The molecule has 2 fully saturated rings. The van der Waals surface area contributed by atoms with E-state index in [4.69, 9.17) is 11.6 Å². The number of hydrogen-bond acceptors (Lipinski definition) is 12. The summed E-state index contributed by atoms with van der Waals surface area (Å²) in [5, 5.41) is 3.67. The molecule has 8 rings (SSSR count). The first-order valence-electron chi connectivity index (χ1n) is 22.2. The van der Waals surface area contributed by atoms with Gasteiger partial charge in [0.1, 0.15) is 22.9 Å². The molecule has 4 heterocycles. The van der Waals surface area contributed by atoms with E-state index in [-0.39, 0.29) is 17.6 Å². The maximum atomic E-state index is 14.6. The minimum absolute atomic E-state index is 0.0215. The molecule has 0 radical (unpaired) electrons. The number of hydrogen-bond donors (Lipinski definition) is 2. The van der Waals surface area contributed by atoms with Crippen LogP contribution in [-0.2, 0) is 39.4 Å². The third-order valence-electron chi connectivity index (χ3n) is 12.8. The van der Waals surface area contributed by atoms with Crippen molar-refractivity contribution in [3.8, 4) is 11.1 Å². The lowest BCUT2D eigenvalue weighted by molar-refractivity contribution is -0.0435. The predicted molar refractivity (Wildman–Crippen MR) is 255 cm³/mol. The Morgan fingerprint density at radius 1 is 0.851 bits per heavy atom. The molecule has 3 aliphatic rings. The van der Waals surface area contributed by atoms with Crippen LogP contribution < -0.4 is 10.0 Å². The fraction of sp³-hybridized carbons (Fsp3) is 0.404. The molecule has 1 unspecified atom stereocenters. The topological polar surface area (TPSA) is 131 Å². The van der Waals surface area contributed by atoms with Gasteiger partial charge in [-0.1, -0.05) is 60.1 Å². The summed E-state index contributed by atoms with van der Waals surface area (Å²) in [4.78, 5) is 16.3. The van der Waals surface area contributed by atoms with Crippen molar-refractivity contribution in [2.24, 2.45) is 0 Å². The van der Waals surface area contributed by atoms with Crippen molar-refractivity contribution in [2.45, 2.75) is 71.1 Å². The second kappa shape index (κ2) is 21.1. The molecule has 2 saturated heterocycles. The van der Waals surface area contributed by atoms with Gasteiger partial charge in [0.2, 0.25) is 0 Å². The molecular weight excluding hydrogens is 948 g/mol. The Hall–Kier alpha value is -4.34. The average molecular weight is 1000 g/mol. The second-order valence-electron chi connectivity index (χ2n) is 17.3. The number of nitrogens with one attached hydrogen (secondary N) is 2. The fourth-order valence-electron chi connectivity index (χ4n) is 8.95. The maximum Gasteiger partial charge on any atom is 0.501 e. The molecule has 0 aliphatic carbocycles. The molecule has 0 bridgehead atoms. The van der Waals surface area contributed by atoms with Crippen LogP contribution in [0, 0.1) is 5.82 Å². The zero-order valence-electron chi connectivity index (χ0n) is 36.9. The second-order valence-corrected chi connectivity index (χ2v) is 22.4. The highest BCUT2D eigenvalue weighted by molar-refractivity contribution is 7.99. The summed E-state index contributed by atoms with van der Waals surface area (Å²) in [5.41, 5.74) is -1.52. The largest absolute Gasteiger partial charge is 0.501 e. The third kappa shape index (κ3) is 11.9. The van der Waals surface area contributed by atoms with Crippen LogP contribution in [0.1, 0.15) is 36.1 Å². The van der Waals surface area contributed by atoms with Crippen molar-refractivity contribution in [1.82, 2.24) is 29.6 Å². The van der Waals surface area contributed by atoms with Crippen molar-refractivity contribution >= 4 is 54.7 Å². The first-order chi connectivity index (χ1) is 32.0. The highest BCUT2D eigenvalue weighted by Crippen LogP contribution is 2.38. The standard InChI is InChI=1S/C47H53ClF4N8O4S3/c1-57-23-25-58(26-24-57)19-15-36(31-65-44-10-6-5-9-41(44)49)55-42-14-12-38(28-45(42)66(61,62)47(50,51)52)67(63,64)56-46-40-18-22-60(30-43(40)53-32-54-46)37-16-20-59(21-17-37)29-34-27-35(48)11-13-39(34)33-7-3-2-4-8-33/h2-14,27-28,32,36-37,55H,15-26,29-31H2,1H3,(H,53,54,56). The normalized spacial score (nSPS) is 17.8. The van der Waals surface area contributed by atoms with Gasteiger partial charge in [-0.05, 0) is 105 Å². The third-order valence-corrected chi connectivity index (χ3v) is 17.1. The molecule has 0 amide bonds. The van der Waals surface area contributed by atoms with Crippen LogP contribution in [0.2, 0.25) is 5.02 Å². The van der Waals surface area contributed by atoms with Crippen LogP contribution in [0.15, 0.2) is 112 Å². The number of aromatic nitrogens is 2. The van der Waals surface area contributed by atoms with Gasteiger partial charge in [0.25, 0.3) is 19.9 Å². The van der Waals surface area contributed by atoms with Crippen molar-refractivity contribution in [3.05, 3.63) is 125 Å². The van der Waals surface area contributed by atoms with Crippen molar-refractivity contribution in [1.29, 1.82) is 0 Å². The van der Waals surface area contributed by atoms with Crippen LogP contribution in [0.25, 0.3) is 11.1 Å². The molecule has 12 nitrogen and oxygen atoms in total. The number of nitrogens with zero attached hydrogens (tertiary/aromatic N) is 6. The quantitative estimate of drug-likeness (QED) is 0.0729. The SMILES string of the molecule is CN1CCN(CCC(CSc2ccccc2F)Nc2ccc(S(=O)(=O)Nc3ncnc4c3CCN(C3CCN(Cc5cc(Cl)ccc5-c5ccccc5)CC3)C4)cc2S(=O)(=O)C(F)(F)F)CC1. The number of likely N-dealkylation sites (N-methyl/N-ethyl adjacent to an activating group) is 1. The van der Waals surface area contributed by atoms with Gasteiger partial charge < -0.3 is 15.1 Å². The number of piperazine rings is 1. The molecule has 3 aliphatic heterocycles. The van der Waals surface area contributed by atoms with Crippen LogP contribution in [0.3, 0.4) is 0 Å². The maximum absolute atomic E-state index is 14.6. The van der Waals surface area contributed by atoms with E-state index in [9.17, 15) is 34.4 Å². The summed E-state index contributed by atoms with van der Waals surface area (Å²) in [6.07, 6.45) is 3.86. The summed E-state index contributed by atoms with van der Waals surface area (Å²) < 4.78 is 114. The number of piperidine rings is 1. The Morgan fingerprint density at radius 3 is 2.31 bits per heavy atom. The minimum atomic E-state index is -6.07. The number of sulfonamides is 1. The number of likely N-dealkylation sites (tertiary alicyclic amines) is 1. The van der Waals surface area contributed by atoms with Crippen LogP contribution in [0.5, 0.6) is 0 Å². The number of sulfone groups is 1. The van der Waals surface area contributed by atoms with Gasteiger partial charge in [0.05, 0.1) is 16.3 Å². The Morgan fingerprint density at radius 2 is 1.58 bits per heavy atom. The van der Waals surface area contributed by atoms with Crippen LogP contribution >= 0.6 is 23.4 Å². The number of alkyl halides is 3. The first-order valence-corrected chi connectivity index (χ1v) is 26.5. The molecule has 0 spiro atoms. The monoisotopic (exact) mass is 1000 g/mol. The molecule has 2 N–H and O–H groups in total. The summed E-state index contributed by atoms with van der Waals surface area (Å²) in [6, 6.07) is 24.6. The number of fused-ring (bicyclic) bond motifs is 1. The van der Waals surface area contributed by atoms with Crippen molar-refractivity contribution in [3.63, 3.8) is 0 Å². The Labute approximate surface area is 399 Å². The molecule has 1 aromatic heterocycles. The highest BCUT2D eigenvalue weighted by atomic mass is 35.5. The summed E-state index contributed by atoms with van der Waals surface area (Å²) in [5.74, 6) is -0.307. The number of benzene rings is 4. The van der Waals surface area contributed by atoms with Crippen LogP contribution in [-0.4, -0.2) is 129 Å². The van der Waals surface area contributed by atoms with Gasteiger partial charge in [-0.2, -0.15) is 13.2 Å².